The summed E-state index contributed by atoms with van der Waals surface area (Å²) in [5, 5.41) is 7.88. The smallest absolute Gasteiger partial charge is 0.0452 e. The lowest BCUT2D eigenvalue weighted by atomic mass is 9.71. The van der Waals surface area contributed by atoms with E-state index in [-0.39, 0.29) is 5.41 Å². The van der Waals surface area contributed by atoms with Crippen LogP contribution in [-0.4, -0.2) is 0 Å². The van der Waals surface area contributed by atoms with Gasteiger partial charge in [-0.3, -0.25) is 0 Å². The summed E-state index contributed by atoms with van der Waals surface area (Å²) in [5.41, 5.74) is 13.7. The van der Waals surface area contributed by atoms with Crippen LogP contribution in [-0.2, 0) is 0 Å². The van der Waals surface area contributed by atoms with Crippen molar-refractivity contribution >= 4 is 11.4 Å². The molecule has 218 valence electrons. The van der Waals surface area contributed by atoms with Crippen LogP contribution < -0.4 is 10.6 Å². The molecule has 0 heterocycles. The molecule has 0 aliphatic heterocycles. The van der Waals surface area contributed by atoms with Crippen molar-refractivity contribution in [2.45, 2.75) is 120 Å². The minimum absolute atomic E-state index is 0.134. The number of anilines is 2. The molecule has 3 rings (SSSR count). The maximum Gasteiger partial charge on any atom is 0.0452 e. The minimum atomic E-state index is 0.134. The Morgan fingerprint density at radius 3 is 1.38 bits per heavy atom. The van der Waals surface area contributed by atoms with E-state index >= 15 is 0 Å². The maximum atomic E-state index is 3.97. The predicted molar refractivity (Wildman–Crippen MR) is 179 cm³/mol. The van der Waals surface area contributed by atoms with Gasteiger partial charge in [0, 0.05) is 28.7 Å². The first kappa shape index (κ1) is 31.8. The second-order valence-corrected chi connectivity index (χ2v) is 14.2. The summed E-state index contributed by atoms with van der Waals surface area (Å²) < 4.78 is 0. The van der Waals surface area contributed by atoms with Gasteiger partial charge >= 0.3 is 0 Å². The summed E-state index contributed by atoms with van der Waals surface area (Å²) in [6.45, 7) is 30.0. The topological polar surface area (TPSA) is 24.1 Å². The lowest BCUT2D eigenvalue weighted by Gasteiger charge is -2.36. The van der Waals surface area contributed by atoms with Gasteiger partial charge in [-0.2, -0.15) is 0 Å². The van der Waals surface area contributed by atoms with Crippen LogP contribution in [0.1, 0.15) is 142 Å². The molecule has 2 heteroatoms. The Kier molecular flexibility index (Phi) is 10.2. The number of rotatable bonds is 8. The highest BCUT2D eigenvalue weighted by molar-refractivity contribution is 5.65. The fourth-order valence-corrected chi connectivity index (χ4v) is 6.06. The van der Waals surface area contributed by atoms with E-state index in [0.717, 1.165) is 6.42 Å². The molecule has 0 fully saturated rings. The summed E-state index contributed by atoms with van der Waals surface area (Å²) in [7, 11) is 0. The molecule has 40 heavy (non-hydrogen) atoms. The first-order chi connectivity index (χ1) is 18.6. The van der Waals surface area contributed by atoms with Crippen molar-refractivity contribution in [3.05, 3.63) is 93.3 Å². The van der Waals surface area contributed by atoms with E-state index in [9.17, 15) is 0 Å². The molecule has 2 aromatic carbocycles. The average molecular weight is 541 g/mol. The van der Waals surface area contributed by atoms with Gasteiger partial charge in [-0.1, -0.05) is 125 Å². The van der Waals surface area contributed by atoms with Gasteiger partial charge < -0.3 is 10.6 Å². The highest BCUT2D eigenvalue weighted by atomic mass is 14.9. The molecule has 0 bridgehead atoms. The number of allylic oxidation sites excluding steroid dienone is 6. The third-order valence-electron chi connectivity index (χ3n) is 8.51. The van der Waals surface area contributed by atoms with Crippen LogP contribution in [0, 0.1) is 11.3 Å². The Balaban J connectivity index is 2.12. The highest BCUT2D eigenvalue weighted by Crippen LogP contribution is 2.43. The Morgan fingerprint density at radius 2 is 1.02 bits per heavy atom. The van der Waals surface area contributed by atoms with Gasteiger partial charge in [0.25, 0.3) is 0 Å². The molecule has 0 aromatic heterocycles. The molecule has 0 spiro atoms. The molecule has 0 saturated heterocycles. The van der Waals surface area contributed by atoms with Gasteiger partial charge in [-0.15, -0.1) is 0 Å². The van der Waals surface area contributed by atoms with Gasteiger partial charge in [0.15, 0.2) is 0 Å². The van der Waals surface area contributed by atoms with E-state index < -0.39 is 0 Å². The van der Waals surface area contributed by atoms with Crippen molar-refractivity contribution in [2.75, 3.05) is 10.6 Å². The van der Waals surface area contributed by atoms with E-state index in [1.54, 1.807) is 0 Å². The fourth-order valence-electron chi connectivity index (χ4n) is 6.06. The zero-order chi connectivity index (χ0) is 29.9. The summed E-state index contributed by atoms with van der Waals surface area (Å²) in [4.78, 5) is 0. The molecular formula is C38H56N2. The van der Waals surface area contributed by atoms with Crippen LogP contribution in [0.5, 0.6) is 0 Å². The summed E-state index contributed by atoms with van der Waals surface area (Å²) in [6, 6.07) is 13.6. The van der Waals surface area contributed by atoms with Crippen LogP contribution >= 0.6 is 0 Å². The van der Waals surface area contributed by atoms with E-state index in [2.05, 4.69) is 149 Å². The Hall–Kier alpha value is -2.74. The minimum Gasteiger partial charge on any atom is -0.359 e. The van der Waals surface area contributed by atoms with Crippen LogP contribution in [0.15, 0.2) is 71.1 Å². The van der Waals surface area contributed by atoms with Crippen molar-refractivity contribution in [1.82, 2.24) is 0 Å². The quantitative estimate of drug-likeness (QED) is 0.348. The van der Waals surface area contributed by atoms with Crippen LogP contribution in [0.3, 0.4) is 0 Å². The zero-order valence-corrected chi connectivity index (χ0v) is 27.7. The Bertz CT molecular complexity index is 1220. The Morgan fingerprint density at radius 1 is 0.650 bits per heavy atom. The first-order valence-electron chi connectivity index (χ1n) is 15.5. The number of hydrogen-bond acceptors (Lipinski definition) is 2. The fraction of sp³-hybridized carbons (Fsp3) is 0.526. The summed E-state index contributed by atoms with van der Waals surface area (Å²) >= 11 is 0. The third-order valence-corrected chi connectivity index (χ3v) is 8.51. The maximum absolute atomic E-state index is 3.97. The zero-order valence-electron chi connectivity index (χ0n) is 27.7. The number of para-hydroxylation sites is 2. The second-order valence-electron chi connectivity index (χ2n) is 14.2. The van der Waals surface area contributed by atoms with E-state index in [4.69, 9.17) is 0 Å². The molecule has 1 atom stereocenters. The number of benzene rings is 2. The van der Waals surface area contributed by atoms with Crippen molar-refractivity contribution in [1.29, 1.82) is 0 Å². The molecule has 2 nitrogen and oxygen atoms in total. The van der Waals surface area contributed by atoms with Gasteiger partial charge in [0.05, 0.1) is 0 Å². The van der Waals surface area contributed by atoms with E-state index in [0.29, 0.717) is 29.6 Å². The first-order valence-corrected chi connectivity index (χ1v) is 15.5. The van der Waals surface area contributed by atoms with Crippen molar-refractivity contribution in [2.24, 2.45) is 11.3 Å². The van der Waals surface area contributed by atoms with Crippen LogP contribution in [0.4, 0.5) is 11.4 Å². The van der Waals surface area contributed by atoms with Crippen molar-refractivity contribution < 1.29 is 0 Å². The van der Waals surface area contributed by atoms with Gasteiger partial charge in [-0.25, -0.2) is 0 Å². The van der Waals surface area contributed by atoms with E-state index in [1.807, 2.05) is 0 Å². The molecule has 1 unspecified atom stereocenters. The number of hydrogen-bond donors (Lipinski definition) is 2. The summed E-state index contributed by atoms with van der Waals surface area (Å²) in [5.74, 6) is 2.22. The average Bonchev–Trinajstić information content (AvgIpc) is 2.87. The van der Waals surface area contributed by atoms with E-state index in [1.165, 1.54) is 56.2 Å². The largest absolute Gasteiger partial charge is 0.359 e. The lowest BCUT2D eigenvalue weighted by Crippen LogP contribution is -2.25. The Labute approximate surface area is 246 Å². The molecule has 2 aromatic rings. The third kappa shape index (κ3) is 7.12. The molecule has 2 N–H and O–H groups in total. The molecule has 1 aliphatic rings. The highest BCUT2D eigenvalue weighted by Gasteiger charge is 2.31. The normalized spacial score (nSPS) is 18.7. The van der Waals surface area contributed by atoms with Crippen molar-refractivity contribution in [3.63, 3.8) is 0 Å². The van der Waals surface area contributed by atoms with Gasteiger partial charge in [-0.05, 0) is 82.8 Å². The van der Waals surface area contributed by atoms with Crippen LogP contribution in [0.2, 0.25) is 0 Å². The molecule has 0 amide bonds. The molecule has 0 radical (unpaired) electrons. The van der Waals surface area contributed by atoms with Crippen LogP contribution in [0.25, 0.3) is 0 Å². The predicted octanol–water partition coefficient (Wildman–Crippen LogP) is 11.9. The van der Waals surface area contributed by atoms with Crippen molar-refractivity contribution in [3.8, 4) is 0 Å². The molecule has 0 saturated carbocycles. The molecule has 1 aliphatic carbocycles. The number of nitrogens with one attached hydrogen (secondary N) is 2. The van der Waals surface area contributed by atoms with Gasteiger partial charge in [0.1, 0.15) is 0 Å². The summed E-state index contributed by atoms with van der Waals surface area (Å²) in [6.07, 6.45) is 5.77. The standard InChI is InChI=1S/C38H56N2/c1-23(2)30-16-14-17-31(24(3)4)36(30)39-27(9)29-20-21-35(38(11,12)13)34(22-29)28(10)40-37-32(25(5)6)18-15-19-33(37)26(7)8/h14-21,23-26,35,39-40H,22H2,1-13H3/b29-27+,34-28+. The SMILES string of the molecule is C/C(Nc1c(C(C)C)cccc1C(C)C)=C1/C=CC(C(C)(C)C)/C(=C(\C)Nc2c(C(C)C)cccc2C(C)C)C1. The monoisotopic (exact) mass is 540 g/mol. The van der Waals surface area contributed by atoms with Gasteiger partial charge in [0.2, 0.25) is 0 Å². The molecular weight excluding hydrogens is 484 g/mol. The second kappa shape index (κ2) is 12.8. The lowest BCUT2D eigenvalue weighted by molar-refractivity contribution is 0.322.